The van der Waals surface area contributed by atoms with Crippen LogP contribution in [0.1, 0.15) is 91.3 Å². The molecule has 47 heavy (non-hydrogen) atoms. The lowest BCUT2D eigenvalue weighted by Gasteiger charge is -2.23. The minimum absolute atomic E-state index is 0.0795. The van der Waals surface area contributed by atoms with E-state index in [9.17, 15) is 14.2 Å². The van der Waals surface area contributed by atoms with E-state index in [1.165, 1.54) is 0 Å². The number of aryl methyl sites for hydroxylation is 2. The van der Waals surface area contributed by atoms with Crippen LogP contribution in [-0.2, 0) is 36.4 Å². The Morgan fingerprint density at radius 3 is 2.49 bits per heavy atom. The third-order valence-electron chi connectivity index (χ3n) is 8.97. The highest BCUT2D eigenvalue weighted by Crippen LogP contribution is 2.43. The number of carbonyl (C=O) groups is 2. The van der Waals surface area contributed by atoms with Crippen molar-refractivity contribution in [2.75, 3.05) is 45.3 Å². The number of anilines is 1. The molecule has 0 bridgehead atoms. The predicted octanol–water partition coefficient (Wildman–Crippen LogP) is 6.66. The molecule has 0 aliphatic carbocycles. The molecule has 1 amide bonds. The van der Waals surface area contributed by atoms with Crippen molar-refractivity contribution in [1.29, 1.82) is 0 Å². The van der Waals surface area contributed by atoms with Gasteiger partial charge in [0.2, 0.25) is 5.91 Å². The molecular formula is C35H57N6O5P. The van der Waals surface area contributed by atoms with Gasteiger partial charge in [-0.25, -0.2) is 15.1 Å². The third-order valence-corrected chi connectivity index (χ3v) is 11.0. The number of hydrogen-bond acceptors (Lipinski definition) is 8. The minimum atomic E-state index is -3.39. The van der Waals surface area contributed by atoms with Crippen molar-refractivity contribution in [3.63, 3.8) is 0 Å². The van der Waals surface area contributed by atoms with E-state index >= 15 is 0 Å². The molecule has 4 N–H and O–H groups in total. The van der Waals surface area contributed by atoms with Crippen LogP contribution < -0.4 is 16.1 Å². The summed E-state index contributed by atoms with van der Waals surface area (Å²) in [7, 11) is -1.83. The van der Waals surface area contributed by atoms with E-state index in [1.54, 1.807) is 7.11 Å². The van der Waals surface area contributed by atoms with Crippen molar-refractivity contribution in [3.8, 4) is 0 Å². The second-order valence-electron chi connectivity index (χ2n) is 12.4. The van der Waals surface area contributed by atoms with Gasteiger partial charge in [0.05, 0.1) is 30.4 Å². The average molecular weight is 673 g/mol. The van der Waals surface area contributed by atoms with Crippen LogP contribution in [0.2, 0.25) is 0 Å². The Balaban J connectivity index is 1.52. The van der Waals surface area contributed by atoms with Gasteiger partial charge in [-0.1, -0.05) is 65.2 Å². The molecule has 3 aromatic rings. The van der Waals surface area contributed by atoms with Crippen molar-refractivity contribution in [2.45, 2.75) is 98.4 Å². The second-order valence-corrected chi connectivity index (χ2v) is 14.6. The molecule has 2 unspecified atom stereocenters. The minimum Gasteiger partial charge on any atom is -0.382 e. The Hall–Kier alpha value is -2.85. The molecule has 2 heterocycles. The Morgan fingerprint density at radius 2 is 1.79 bits per heavy atom. The van der Waals surface area contributed by atoms with E-state index in [2.05, 4.69) is 46.8 Å². The summed E-state index contributed by atoms with van der Waals surface area (Å²) in [6.07, 6.45) is 7.60. The van der Waals surface area contributed by atoms with E-state index < -0.39 is 7.52 Å². The highest BCUT2D eigenvalue weighted by Gasteiger charge is 2.31. The van der Waals surface area contributed by atoms with Crippen molar-refractivity contribution in [2.24, 2.45) is 11.8 Å². The molecule has 262 valence electrons. The van der Waals surface area contributed by atoms with Crippen LogP contribution in [0.4, 0.5) is 5.82 Å². The number of benzene rings is 1. The molecule has 0 spiro atoms. The number of para-hydroxylation sites is 1. The van der Waals surface area contributed by atoms with Gasteiger partial charge in [0.15, 0.2) is 5.82 Å². The van der Waals surface area contributed by atoms with Gasteiger partial charge in [-0.2, -0.15) is 0 Å². The van der Waals surface area contributed by atoms with E-state index in [-0.39, 0.29) is 36.8 Å². The van der Waals surface area contributed by atoms with Crippen LogP contribution in [0, 0.1) is 11.8 Å². The van der Waals surface area contributed by atoms with Crippen LogP contribution in [-0.4, -0.2) is 65.8 Å². The first-order valence-electron chi connectivity index (χ1n) is 17.5. The number of nitrogens with two attached hydrogens (primary N) is 1. The Morgan fingerprint density at radius 1 is 1.02 bits per heavy atom. The molecule has 0 aliphatic rings. The molecule has 12 heteroatoms. The molecular weight excluding hydrogens is 615 g/mol. The highest BCUT2D eigenvalue weighted by atomic mass is 31.2. The van der Waals surface area contributed by atoms with Crippen molar-refractivity contribution >= 4 is 47.0 Å². The molecule has 2 aromatic heterocycles. The van der Waals surface area contributed by atoms with Gasteiger partial charge in [-0.05, 0) is 44.1 Å². The van der Waals surface area contributed by atoms with Crippen LogP contribution in [0.5, 0.6) is 0 Å². The number of Topliss-reactive ketones (excluding diaryl/α,β-unsaturated/α-hetero) is 1. The first-order chi connectivity index (χ1) is 22.7. The smallest absolute Gasteiger partial charge is 0.277 e. The molecule has 0 saturated heterocycles. The Kier molecular flexibility index (Phi) is 16.3. The van der Waals surface area contributed by atoms with Gasteiger partial charge in [0, 0.05) is 50.9 Å². The maximum absolute atomic E-state index is 13.6. The standard InChI is InChI=1S/C35H57N6O5P/c1-6-10-17-31-40-33-34(28-15-11-12-16-29(28)39-35(33)36)41(31)21-14-13-20-37-32(43)19-18-27(9-4)30(42)25-47(44,46-23-22-45-5)38-24-26(7-2)8-3/h11-12,15-16,26-27H,6-10,13-14,17-25H2,1-5H3,(H2,36,39)(H,37,43)(H,38,44). The Bertz CT molecular complexity index is 1470. The number of ether oxygens (including phenoxy) is 1. The summed E-state index contributed by atoms with van der Waals surface area (Å²) in [5, 5.41) is 7.14. The quantitative estimate of drug-likeness (QED) is 0.0701. The largest absolute Gasteiger partial charge is 0.382 e. The number of amides is 1. The number of aromatic nitrogens is 3. The molecule has 0 aliphatic heterocycles. The number of unbranched alkanes of at least 4 members (excludes halogenated alkanes) is 2. The number of nitrogen functional groups attached to an aromatic ring is 1. The topological polar surface area (TPSA) is 150 Å². The van der Waals surface area contributed by atoms with E-state index in [1.807, 2.05) is 25.1 Å². The summed E-state index contributed by atoms with van der Waals surface area (Å²) in [5.74, 6) is 1.25. The fourth-order valence-corrected chi connectivity index (χ4v) is 7.74. The van der Waals surface area contributed by atoms with Gasteiger partial charge in [0.1, 0.15) is 17.1 Å². The number of rotatable bonds is 24. The zero-order valence-corrected chi connectivity index (χ0v) is 30.1. The number of nitrogens with zero attached hydrogens (tertiary/aromatic N) is 3. The van der Waals surface area contributed by atoms with Crippen LogP contribution >= 0.6 is 7.52 Å². The molecule has 2 atom stereocenters. The summed E-state index contributed by atoms with van der Waals surface area (Å²) < 4.78 is 26.6. The zero-order valence-electron chi connectivity index (χ0n) is 29.2. The average Bonchev–Trinajstić information content (AvgIpc) is 3.43. The zero-order chi connectivity index (χ0) is 34.2. The summed E-state index contributed by atoms with van der Waals surface area (Å²) in [5.41, 5.74) is 8.96. The molecule has 0 radical (unpaired) electrons. The number of fused-ring (bicyclic) bond motifs is 3. The SMILES string of the molecule is CCCCc1nc2c(N)nc3ccccc3c2n1CCCCNC(=O)CCC(CC)C(=O)CP(=O)(NCC(CC)CC)OCCOC. The maximum Gasteiger partial charge on any atom is 0.277 e. The number of methoxy groups -OCH3 is 1. The molecule has 11 nitrogen and oxygen atoms in total. The van der Waals surface area contributed by atoms with Gasteiger partial charge in [-0.15, -0.1) is 0 Å². The summed E-state index contributed by atoms with van der Waals surface area (Å²) in [6.45, 7) is 10.6. The first kappa shape index (κ1) is 38.6. The van der Waals surface area contributed by atoms with Crippen LogP contribution in [0.15, 0.2) is 24.3 Å². The highest BCUT2D eigenvalue weighted by molar-refractivity contribution is 7.57. The number of carbonyl (C=O) groups excluding carboxylic acids is 2. The van der Waals surface area contributed by atoms with Crippen molar-refractivity contribution < 1.29 is 23.4 Å². The predicted molar refractivity (Wildman–Crippen MR) is 191 cm³/mol. The van der Waals surface area contributed by atoms with Crippen LogP contribution in [0.25, 0.3) is 21.9 Å². The number of nitrogens with one attached hydrogen (secondary N) is 2. The lowest BCUT2D eigenvalue weighted by atomic mass is 9.96. The number of imidazole rings is 1. The first-order valence-corrected chi connectivity index (χ1v) is 19.3. The van der Waals surface area contributed by atoms with Crippen molar-refractivity contribution in [3.05, 3.63) is 30.1 Å². The van der Waals surface area contributed by atoms with Crippen molar-refractivity contribution in [1.82, 2.24) is 24.9 Å². The maximum atomic E-state index is 13.6. The normalized spacial score (nSPS) is 13.7. The fourth-order valence-electron chi connectivity index (χ4n) is 5.88. The molecule has 3 rings (SSSR count). The van der Waals surface area contributed by atoms with Gasteiger partial charge in [-0.3, -0.25) is 14.2 Å². The number of pyridine rings is 1. The van der Waals surface area contributed by atoms with Crippen LogP contribution in [0.3, 0.4) is 0 Å². The van der Waals surface area contributed by atoms with Gasteiger partial charge < -0.3 is 24.9 Å². The molecule has 0 saturated carbocycles. The summed E-state index contributed by atoms with van der Waals surface area (Å²) >= 11 is 0. The monoisotopic (exact) mass is 672 g/mol. The summed E-state index contributed by atoms with van der Waals surface area (Å²) in [4.78, 5) is 35.5. The fraction of sp³-hybridized carbons (Fsp3) is 0.657. The molecule has 1 aromatic carbocycles. The third kappa shape index (κ3) is 11.4. The number of hydrogen-bond donors (Lipinski definition) is 3. The lowest BCUT2D eigenvalue weighted by Crippen LogP contribution is -2.29. The lowest BCUT2D eigenvalue weighted by molar-refractivity contribution is -0.123. The van der Waals surface area contributed by atoms with Gasteiger partial charge in [0.25, 0.3) is 7.52 Å². The van der Waals surface area contributed by atoms with E-state index in [0.717, 1.165) is 79.3 Å². The number of ketones is 1. The van der Waals surface area contributed by atoms with E-state index in [4.69, 9.17) is 20.0 Å². The summed E-state index contributed by atoms with van der Waals surface area (Å²) in [6, 6.07) is 8.02. The second kappa shape index (κ2) is 19.8. The van der Waals surface area contributed by atoms with Gasteiger partial charge >= 0.3 is 0 Å². The van der Waals surface area contributed by atoms with E-state index in [0.29, 0.717) is 44.3 Å². The molecule has 0 fully saturated rings. The Labute approximate surface area is 280 Å².